The van der Waals surface area contributed by atoms with Gasteiger partial charge in [0, 0.05) is 58.4 Å². The minimum atomic E-state index is -3.79. The molecule has 1 aromatic heterocycles. The van der Waals surface area contributed by atoms with Gasteiger partial charge in [-0.25, -0.2) is 8.42 Å². The third-order valence-electron chi connectivity index (χ3n) is 6.00. The predicted molar refractivity (Wildman–Crippen MR) is 113 cm³/mol. The number of sulfonamides is 1. The van der Waals surface area contributed by atoms with E-state index in [1.165, 1.54) is 21.1 Å². The molecule has 0 aliphatic carbocycles. The van der Waals surface area contributed by atoms with Crippen LogP contribution in [-0.2, 0) is 26.7 Å². The van der Waals surface area contributed by atoms with Crippen LogP contribution in [0.3, 0.4) is 0 Å². The highest BCUT2D eigenvalue weighted by molar-refractivity contribution is 7.89. The lowest BCUT2D eigenvalue weighted by molar-refractivity contribution is -0.143. The lowest BCUT2D eigenvalue weighted by atomic mass is 9.95. The Balaban J connectivity index is 1.62. The molecule has 2 saturated heterocycles. The maximum absolute atomic E-state index is 13.0. The third-order valence-corrected chi connectivity index (χ3v) is 7.86. The van der Waals surface area contributed by atoms with Crippen LogP contribution in [-0.4, -0.2) is 84.1 Å². The van der Waals surface area contributed by atoms with Gasteiger partial charge in [-0.05, 0) is 18.9 Å². The van der Waals surface area contributed by atoms with Crippen molar-refractivity contribution in [3.8, 4) is 0 Å². The maximum Gasteiger partial charge on any atom is 0.265 e. The Bertz CT molecular complexity index is 963. The number of aryl methyl sites for hydroxylation is 1. The van der Waals surface area contributed by atoms with Gasteiger partial charge in [0.15, 0.2) is 0 Å². The van der Waals surface area contributed by atoms with Gasteiger partial charge in [0.1, 0.15) is 10.6 Å². The Morgan fingerprint density at radius 3 is 2.26 bits per heavy atom. The number of amides is 3. The van der Waals surface area contributed by atoms with Gasteiger partial charge in [-0.1, -0.05) is 13.8 Å². The van der Waals surface area contributed by atoms with Crippen LogP contribution in [0.4, 0.5) is 0 Å². The number of piperazine rings is 1. The van der Waals surface area contributed by atoms with Crippen molar-refractivity contribution in [3.05, 3.63) is 18.0 Å². The van der Waals surface area contributed by atoms with Crippen LogP contribution >= 0.6 is 0 Å². The van der Waals surface area contributed by atoms with Crippen molar-refractivity contribution < 1.29 is 22.8 Å². The summed E-state index contributed by atoms with van der Waals surface area (Å²) in [5.74, 6) is -1.00. The second-order valence-electron chi connectivity index (χ2n) is 8.54. The van der Waals surface area contributed by atoms with Crippen molar-refractivity contribution in [3.63, 3.8) is 0 Å². The number of piperidine rings is 1. The molecular formula is C20H31N5O5S. The van der Waals surface area contributed by atoms with Crippen LogP contribution in [0.15, 0.2) is 17.2 Å². The molecule has 2 fully saturated rings. The van der Waals surface area contributed by atoms with Gasteiger partial charge < -0.3 is 20.1 Å². The van der Waals surface area contributed by atoms with Gasteiger partial charge in [0.05, 0.1) is 5.92 Å². The summed E-state index contributed by atoms with van der Waals surface area (Å²) in [6.45, 7) is 5.75. The molecule has 0 spiro atoms. The molecule has 10 nitrogen and oxygen atoms in total. The fourth-order valence-electron chi connectivity index (χ4n) is 4.22. The van der Waals surface area contributed by atoms with Crippen molar-refractivity contribution >= 4 is 27.7 Å². The number of carbonyl (C=O) groups is 3. The Kier molecular flexibility index (Phi) is 6.75. The Morgan fingerprint density at radius 1 is 1.06 bits per heavy atom. The fourth-order valence-corrected chi connectivity index (χ4v) is 5.71. The van der Waals surface area contributed by atoms with Crippen molar-refractivity contribution in [2.24, 2.45) is 24.6 Å². The molecule has 2 aliphatic heterocycles. The summed E-state index contributed by atoms with van der Waals surface area (Å²) >= 11 is 0. The van der Waals surface area contributed by atoms with Gasteiger partial charge in [-0.2, -0.15) is 4.31 Å². The minimum Gasteiger partial charge on any atom is -0.364 e. The first-order valence-corrected chi connectivity index (χ1v) is 12.0. The third kappa shape index (κ3) is 4.77. The molecule has 0 saturated carbocycles. The van der Waals surface area contributed by atoms with E-state index in [1.807, 2.05) is 13.8 Å². The SMILES string of the molecule is CC(C)C(=O)N1CCCC(C(=O)N2CCN(S(=O)(=O)c3cc(C(N)=O)n(C)c3)CC2)C1. The summed E-state index contributed by atoms with van der Waals surface area (Å²) < 4.78 is 28.6. The summed E-state index contributed by atoms with van der Waals surface area (Å²) in [6, 6.07) is 1.28. The topological polar surface area (TPSA) is 126 Å². The summed E-state index contributed by atoms with van der Waals surface area (Å²) in [5.41, 5.74) is 5.40. The Morgan fingerprint density at radius 2 is 1.71 bits per heavy atom. The molecule has 1 atom stereocenters. The number of hydrogen-bond donors (Lipinski definition) is 1. The van der Waals surface area contributed by atoms with Crippen molar-refractivity contribution in [2.75, 3.05) is 39.3 Å². The van der Waals surface area contributed by atoms with Crippen LogP contribution in [0, 0.1) is 11.8 Å². The first-order valence-electron chi connectivity index (χ1n) is 10.6. The number of rotatable bonds is 5. The average Bonchev–Trinajstić information content (AvgIpc) is 3.15. The molecule has 3 amide bonds. The summed E-state index contributed by atoms with van der Waals surface area (Å²) in [6.07, 6.45) is 2.90. The molecule has 3 heterocycles. The predicted octanol–water partition coefficient (Wildman–Crippen LogP) is -0.148. The highest BCUT2D eigenvalue weighted by atomic mass is 32.2. The van der Waals surface area contributed by atoms with Gasteiger partial charge in [0.25, 0.3) is 5.91 Å². The minimum absolute atomic E-state index is 0.0127. The second kappa shape index (κ2) is 8.99. The highest BCUT2D eigenvalue weighted by Crippen LogP contribution is 2.23. The monoisotopic (exact) mass is 453 g/mol. The molecule has 2 aliphatic rings. The Hall–Kier alpha value is -2.40. The van der Waals surface area contributed by atoms with Gasteiger partial charge in [0.2, 0.25) is 21.8 Å². The van der Waals surface area contributed by atoms with Crippen molar-refractivity contribution in [2.45, 2.75) is 31.6 Å². The molecule has 31 heavy (non-hydrogen) atoms. The van der Waals surface area contributed by atoms with Gasteiger partial charge >= 0.3 is 0 Å². The number of carbonyl (C=O) groups excluding carboxylic acids is 3. The zero-order valence-electron chi connectivity index (χ0n) is 18.3. The van der Waals surface area contributed by atoms with Crippen molar-refractivity contribution in [1.82, 2.24) is 18.7 Å². The summed E-state index contributed by atoms with van der Waals surface area (Å²) in [5, 5.41) is 0. The molecule has 1 unspecified atom stereocenters. The van der Waals surface area contributed by atoms with E-state index in [4.69, 9.17) is 5.73 Å². The molecular weight excluding hydrogens is 422 g/mol. The van der Waals surface area contributed by atoms with E-state index in [9.17, 15) is 22.8 Å². The van der Waals surface area contributed by atoms with Crippen LogP contribution in [0.5, 0.6) is 0 Å². The van der Waals surface area contributed by atoms with Crippen LogP contribution in [0.2, 0.25) is 0 Å². The number of primary amides is 1. The Labute approximate surface area is 183 Å². The van der Waals surface area contributed by atoms with E-state index in [1.54, 1.807) is 16.8 Å². The number of aromatic nitrogens is 1. The van der Waals surface area contributed by atoms with Crippen LogP contribution < -0.4 is 5.73 Å². The molecule has 1 aromatic rings. The molecule has 11 heteroatoms. The maximum atomic E-state index is 13.0. The summed E-state index contributed by atoms with van der Waals surface area (Å²) in [7, 11) is -2.22. The van der Waals surface area contributed by atoms with Crippen LogP contribution in [0.25, 0.3) is 0 Å². The molecule has 0 bridgehead atoms. The van der Waals surface area contributed by atoms with Crippen molar-refractivity contribution in [1.29, 1.82) is 0 Å². The normalized spacial score (nSPS) is 20.8. The van der Waals surface area contributed by atoms with E-state index in [2.05, 4.69) is 0 Å². The number of hydrogen-bond acceptors (Lipinski definition) is 5. The number of likely N-dealkylation sites (tertiary alicyclic amines) is 1. The zero-order chi connectivity index (χ0) is 22.9. The molecule has 2 N–H and O–H groups in total. The highest BCUT2D eigenvalue weighted by Gasteiger charge is 2.36. The van der Waals surface area contributed by atoms with Gasteiger partial charge in [-0.15, -0.1) is 0 Å². The average molecular weight is 454 g/mol. The van der Waals surface area contributed by atoms with Crippen LogP contribution in [0.1, 0.15) is 37.2 Å². The zero-order valence-corrected chi connectivity index (χ0v) is 19.1. The fraction of sp³-hybridized carbons (Fsp3) is 0.650. The first kappa shape index (κ1) is 23.3. The van der Waals surface area contributed by atoms with E-state index in [-0.39, 0.29) is 47.3 Å². The number of nitrogens with zero attached hydrogens (tertiary/aromatic N) is 4. The van der Waals surface area contributed by atoms with E-state index >= 15 is 0 Å². The quantitative estimate of drug-likeness (QED) is 0.664. The molecule has 0 aromatic carbocycles. The standard InChI is InChI=1S/C20H31N5O5S/c1-14(2)19(27)24-6-4-5-15(12-24)20(28)23-7-9-25(10-8-23)31(29,30)16-11-17(18(21)26)22(3)13-16/h11,13-15H,4-10,12H2,1-3H3,(H2,21,26). The molecule has 3 rings (SSSR count). The molecule has 0 radical (unpaired) electrons. The lowest BCUT2D eigenvalue weighted by Crippen LogP contribution is -2.54. The smallest absolute Gasteiger partial charge is 0.265 e. The number of nitrogens with two attached hydrogens (primary N) is 1. The van der Waals surface area contributed by atoms with E-state index in [0.29, 0.717) is 26.2 Å². The van der Waals surface area contributed by atoms with Gasteiger partial charge in [-0.3, -0.25) is 14.4 Å². The largest absolute Gasteiger partial charge is 0.364 e. The molecule has 172 valence electrons. The lowest BCUT2D eigenvalue weighted by Gasteiger charge is -2.38. The second-order valence-corrected chi connectivity index (χ2v) is 10.5. The van der Waals surface area contributed by atoms with E-state index < -0.39 is 15.9 Å². The summed E-state index contributed by atoms with van der Waals surface area (Å²) in [4.78, 5) is 40.2. The van der Waals surface area contributed by atoms with E-state index in [0.717, 1.165) is 12.8 Å². The first-order chi connectivity index (χ1) is 14.5.